The Balaban J connectivity index is 2.07. The highest BCUT2D eigenvalue weighted by atomic mass is 32.1. The van der Waals surface area contributed by atoms with E-state index in [4.69, 9.17) is 15.2 Å². The highest BCUT2D eigenvalue weighted by Gasteiger charge is 2.48. The number of carbonyl (C=O) groups excluding carboxylic acids is 1. The van der Waals surface area contributed by atoms with E-state index in [-0.39, 0.29) is 11.6 Å². The Morgan fingerprint density at radius 3 is 2.92 bits per heavy atom. The van der Waals surface area contributed by atoms with Crippen LogP contribution in [-0.4, -0.2) is 74.8 Å². The Morgan fingerprint density at radius 2 is 2.28 bits per heavy atom. The van der Waals surface area contributed by atoms with Crippen molar-refractivity contribution in [1.29, 1.82) is 0 Å². The molecule has 1 aliphatic rings. The molecule has 0 aliphatic carbocycles. The van der Waals surface area contributed by atoms with E-state index in [2.05, 4.69) is 9.97 Å². The van der Waals surface area contributed by atoms with Crippen LogP contribution in [0.15, 0.2) is 11.0 Å². The Kier molecular flexibility index (Phi) is 4.60. The van der Waals surface area contributed by atoms with E-state index < -0.39 is 42.1 Å². The first-order valence-corrected chi connectivity index (χ1v) is 8.11. The molecule has 0 radical (unpaired) electrons. The number of hydrogen-bond acceptors (Lipinski definition) is 10. The molecule has 0 aromatic carbocycles. The number of anilines is 1. The minimum absolute atomic E-state index is 0.0434. The van der Waals surface area contributed by atoms with Gasteiger partial charge in [0.05, 0.1) is 17.5 Å². The number of carbonyl (C=O) groups is 1. The molecule has 12 heteroatoms. The zero-order chi connectivity index (χ0) is 18.3. The average Bonchev–Trinajstić information content (AvgIpc) is 3.03. The number of fused-ring (bicyclic) bond motifs is 1. The second-order valence-corrected chi connectivity index (χ2v) is 6.63. The molecule has 1 amide bonds. The van der Waals surface area contributed by atoms with E-state index >= 15 is 0 Å². The lowest BCUT2D eigenvalue weighted by Gasteiger charge is -2.23. The van der Waals surface area contributed by atoms with Crippen molar-refractivity contribution < 1.29 is 24.5 Å². The summed E-state index contributed by atoms with van der Waals surface area (Å²) >= 11 is 0.863. The topological polar surface area (TPSA) is 153 Å². The Hall–Kier alpha value is -2.28. The fraction of sp³-hybridized carbons (Fsp3) is 0.538. The molecule has 0 saturated carbocycles. The van der Waals surface area contributed by atoms with Gasteiger partial charge in [-0.15, -0.1) is 0 Å². The van der Waals surface area contributed by atoms with Crippen molar-refractivity contribution in [3.8, 4) is 0 Å². The number of nitrogen functional groups attached to an aromatic ring is 1. The van der Waals surface area contributed by atoms with Gasteiger partial charge in [-0.2, -0.15) is 4.98 Å². The van der Waals surface area contributed by atoms with Crippen LogP contribution in [0, 0.1) is 0 Å². The van der Waals surface area contributed by atoms with Gasteiger partial charge in [-0.05, 0) is 0 Å². The van der Waals surface area contributed by atoms with Crippen molar-refractivity contribution in [3.05, 3.63) is 15.9 Å². The SMILES string of the molecule is CN(C)C(=O)O[C@@H]1[C@@H](O)[C@@H](CO)O[C@H]1n1c(=O)sc2cnc(N)nc21. The predicted octanol–water partition coefficient (Wildman–Crippen LogP) is -1.25. The van der Waals surface area contributed by atoms with E-state index in [1.54, 1.807) is 0 Å². The minimum Gasteiger partial charge on any atom is -0.438 e. The molecule has 3 heterocycles. The van der Waals surface area contributed by atoms with E-state index in [1.165, 1.54) is 25.2 Å². The molecule has 3 rings (SSSR count). The summed E-state index contributed by atoms with van der Waals surface area (Å²) in [5.41, 5.74) is 5.78. The molecule has 136 valence electrons. The van der Waals surface area contributed by atoms with Crippen molar-refractivity contribution >= 4 is 33.7 Å². The third-order valence-electron chi connectivity index (χ3n) is 3.73. The van der Waals surface area contributed by atoms with E-state index in [1.807, 2.05) is 0 Å². The van der Waals surface area contributed by atoms with Crippen LogP contribution in [0.5, 0.6) is 0 Å². The standard InChI is InChI=1S/C13H17N5O6S/c1-17(2)12(21)24-8-7(20)5(4-19)23-10(8)18-9-6(25-13(18)22)3-15-11(14)16-9/h3,5,7-8,10,19-20H,4H2,1-2H3,(H2,14,15,16)/t5-,7+,8-,10-/m1/s1. The summed E-state index contributed by atoms with van der Waals surface area (Å²) in [5.74, 6) is -0.0434. The van der Waals surface area contributed by atoms with Crippen molar-refractivity contribution in [3.63, 3.8) is 0 Å². The highest BCUT2D eigenvalue weighted by Crippen LogP contribution is 2.33. The monoisotopic (exact) mass is 371 g/mol. The molecule has 4 N–H and O–H groups in total. The molecule has 1 fully saturated rings. The smallest absolute Gasteiger partial charge is 0.409 e. The molecule has 11 nitrogen and oxygen atoms in total. The molecule has 2 aromatic rings. The Labute approximate surface area is 145 Å². The van der Waals surface area contributed by atoms with Gasteiger partial charge >= 0.3 is 11.0 Å². The summed E-state index contributed by atoms with van der Waals surface area (Å²) < 4.78 is 12.4. The van der Waals surface area contributed by atoms with Crippen molar-refractivity contribution in [2.45, 2.75) is 24.5 Å². The first-order valence-electron chi connectivity index (χ1n) is 7.29. The molecule has 2 aromatic heterocycles. The zero-order valence-electron chi connectivity index (χ0n) is 13.4. The quantitative estimate of drug-likeness (QED) is 0.600. The molecule has 0 spiro atoms. The number of nitrogens with two attached hydrogens (primary N) is 1. The fourth-order valence-electron chi connectivity index (χ4n) is 2.50. The number of amides is 1. The number of rotatable bonds is 3. The summed E-state index contributed by atoms with van der Waals surface area (Å²) in [6, 6.07) is 0. The van der Waals surface area contributed by atoms with E-state index in [9.17, 15) is 19.8 Å². The normalized spacial score (nSPS) is 26.1. The Bertz CT molecular complexity index is 851. The van der Waals surface area contributed by atoms with E-state index in [0.717, 1.165) is 15.9 Å². The maximum Gasteiger partial charge on any atom is 0.409 e. The Morgan fingerprint density at radius 1 is 1.56 bits per heavy atom. The van der Waals surface area contributed by atoms with Crippen LogP contribution < -0.4 is 10.6 Å². The third-order valence-corrected chi connectivity index (χ3v) is 4.61. The van der Waals surface area contributed by atoms with Gasteiger partial charge in [0.1, 0.15) is 12.2 Å². The number of ether oxygens (including phenoxy) is 2. The molecule has 0 unspecified atom stereocenters. The van der Waals surface area contributed by atoms with Gasteiger partial charge in [0.15, 0.2) is 18.0 Å². The number of thiazole rings is 1. The van der Waals surface area contributed by atoms with Gasteiger partial charge in [0.25, 0.3) is 0 Å². The largest absolute Gasteiger partial charge is 0.438 e. The number of aliphatic hydroxyl groups excluding tert-OH is 2. The van der Waals surface area contributed by atoms with E-state index in [0.29, 0.717) is 4.70 Å². The zero-order valence-corrected chi connectivity index (χ0v) is 14.2. The summed E-state index contributed by atoms with van der Waals surface area (Å²) in [6.07, 6.45) is -4.04. The van der Waals surface area contributed by atoms with Gasteiger partial charge < -0.3 is 30.3 Å². The second kappa shape index (κ2) is 6.55. The van der Waals surface area contributed by atoms with Gasteiger partial charge in [0, 0.05) is 14.1 Å². The summed E-state index contributed by atoms with van der Waals surface area (Å²) in [5, 5.41) is 19.7. The predicted molar refractivity (Wildman–Crippen MR) is 87.0 cm³/mol. The highest BCUT2D eigenvalue weighted by molar-refractivity contribution is 7.16. The summed E-state index contributed by atoms with van der Waals surface area (Å²) in [6.45, 7) is -0.512. The number of nitrogens with zero attached hydrogens (tertiary/aromatic N) is 4. The second-order valence-electron chi connectivity index (χ2n) is 5.64. The van der Waals surface area contributed by atoms with Crippen LogP contribution in [0.4, 0.5) is 10.7 Å². The number of aliphatic hydroxyl groups is 2. The fourth-order valence-corrected chi connectivity index (χ4v) is 3.32. The molecule has 1 aliphatic heterocycles. The van der Waals surface area contributed by atoms with Crippen LogP contribution >= 0.6 is 11.3 Å². The summed E-state index contributed by atoms with van der Waals surface area (Å²) in [7, 11) is 2.95. The number of hydrogen-bond donors (Lipinski definition) is 3. The van der Waals surface area contributed by atoms with Gasteiger partial charge in [-0.25, -0.2) is 9.78 Å². The van der Waals surface area contributed by atoms with Crippen LogP contribution in [0.2, 0.25) is 0 Å². The molecule has 25 heavy (non-hydrogen) atoms. The average molecular weight is 371 g/mol. The van der Waals surface area contributed by atoms with Crippen LogP contribution in [0.3, 0.4) is 0 Å². The first-order chi connectivity index (χ1) is 11.8. The first kappa shape index (κ1) is 17.5. The molecule has 0 bridgehead atoms. The van der Waals surface area contributed by atoms with Crippen molar-refractivity contribution in [2.24, 2.45) is 0 Å². The lowest BCUT2D eigenvalue weighted by atomic mass is 10.1. The van der Waals surface area contributed by atoms with Crippen molar-refractivity contribution in [1.82, 2.24) is 19.4 Å². The van der Waals surface area contributed by atoms with Gasteiger partial charge in [-0.3, -0.25) is 9.36 Å². The number of aromatic nitrogens is 3. The van der Waals surface area contributed by atoms with Crippen LogP contribution in [0.25, 0.3) is 10.3 Å². The molecular weight excluding hydrogens is 354 g/mol. The molecular formula is C13H17N5O6S. The maximum atomic E-state index is 12.4. The minimum atomic E-state index is -1.32. The lowest BCUT2D eigenvalue weighted by Crippen LogP contribution is -2.40. The van der Waals surface area contributed by atoms with Gasteiger partial charge in [0.2, 0.25) is 5.95 Å². The third kappa shape index (κ3) is 3.04. The van der Waals surface area contributed by atoms with Crippen LogP contribution in [0.1, 0.15) is 6.23 Å². The summed E-state index contributed by atoms with van der Waals surface area (Å²) in [4.78, 5) is 32.9. The molecule has 4 atom stereocenters. The maximum absolute atomic E-state index is 12.4. The van der Waals surface area contributed by atoms with Gasteiger partial charge in [-0.1, -0.05) is 11.3 Å². The van der Waals surface area contributed by atoms with Crippen molar-refractivity contribution in [2.75, 3.05) is 26.4 Å². The molecule has 1 saturated heterocycles. The lowest BCUT2D eigenvalue weighted by molar-refractivity contribution is -0.0557. The van der Waals surface area contributed by atoms with Crippen LogP contribution in [-0.2, 0) is 9.47 Å².